The Morgan fingerprint density at radius 3 is 2.68 bits per heavy atom. The summed E-state index contributed by atoms with van der Waals surface area (Å²) in [6, 6.07) is 5.57. The zero-order chi connectivity index (χ0) is 18.1. The highest BCUT2D eigenvalue weighted by atomic mass is 32.2. The number of hydrogen-bond donors (Lipinski definition) is 2. The third-order valence-electron chi connectivity index (χ3n) is 4.77. The lowest BCUT2D eigenvalue weighted by atomic mass is 10.1. The van der Waals surface area contributed by atoms with Gasteiger partial charge in [-0.1, -0.05) is 13.0 Å². The molecule has 1 aromatic rings. The SMILES string of the molecule is CCC(CNC(=NC)NCc1ccc(F)cc1CSC)N1CCCC1. The van der Waals surface area contributed by atoms with Gasteiger partial charge in [-0.2, -0.15) is 11.8 Å². The Bertz CT molecular complexity index is 558. The van der Waals surface area contributed by atoms with E-state index in [2.05, 4.69) is 27.4 Å². The van der Waals surface area contributed by atoms with Crippen molar-refractivity contribution in [1.82, 2.24) is 15.5 Å². The van der Waals surface area contributed by atoms with Crippen molar-refractivity contribution in [3.05, 3.63) is 35.1 Å². The number of hydrogen-bond acceptors (Lipinski definition) is 3. The van der Waals surface area contributed by atoms with Gasteiger partial charge in [-0.05, 0) is 61.9 Å². The van der Waals surface area contributed by atoms with Gasteiger partial charge in [0.1, 0.15) is 5.82 Å². The average Bonchev–Trinajstić information content (AvgIpc) is 3.14. The highest BCUT2D eigenvalue weighted by molar-refractivity contribution is 7.97. The summed E-state index contributed by atoms with van der Waals surface area (Å²) in [5, 5.41) is 6.81. The Balaban J connectivity index is 1.87. The van der Waals surface area contributed by atoms with Crippen molar-refractivity contribution in [3.63, 3.8) is 0 Å². The van der Waals surface area contributed by atoms with Crippen LogP contribution in [0, 0.1) is 5.82 Å². The topological polar surface area (TPSA) is 39.7 Å². The smallest absolute Gasteiger partial charge is 0.191 e. The van der Waals surface area contributed by atoms with Crippen LogP contribution >= 0.6 is 11.8 Å². The number of aliphatic imine (C=N–C) groups is 1. The van der Waals surface area contributed by atoms with Gasteiger partial charge in [0.15, 0.2) is 5.96 Å². The molecule has 1 unspecified atom stereocenters. The maximum Gasteiger partial charge on any atom is 0.191 e. The van der Waals surface area contributed by atoms with Crippen LogP contribution in [0.2, 0.25) is 0 Å². The van der Waals surface area contributed by atoms with Gasteiger partial charge in [-0.15, -0.1) is 0 Å². The number of halogens is 1. The van der Waals surface area contributed by atoms with Crippen molar-refractivity contribution >= 4 is 17.7 Å². The van der Waals surface area contributed by atoms with Crippen molar-refractivity contribution in [2.75, 3.05) is 32.9 Å². The molecule has 0 radical (unpaired) electrons. The molecule has 1 aromatic carbocycles. The molecule has 1 heterocycles. The van der Waals surface area contributed by atoms with Crippen LogP contribution < -0.4 is 10.6 Å². The molecule has 1 aliphatic rings. The zero-order valence-electron chi connectivity index (χ0n) is 15.6. The molecule has 0 saturated carbocycles. The van der Waals surface area contributed by atoms with Gasteiger partial charge in [0, 0.05) is 31.9 Å². The molecular weight excluding hydrogens is 335 g/mol. The second kappa shape index (κ2) is 10.7. The molecule has 0 amide bonds. The van der Waals surface area contributed by atoms with Gasteiger partial charge in [-0.3, -0.25) is 9.89 Å². The Labute approximate surface area is 155 Å². The van der Waals surface area contributed by atoms with Gasteiger partial charge < -0.3 is 10.6 Å². The fourth-order valence-corrected chi connectivity index (χ4v) is 3.89. The summed E-state index contributed by atoms with van der Waals surface area (Å²) in [6.45, 7) is 6.21. The molecule has 2 rings (SSSR count). The van der Waals surface area contributed by atoms with Gasteiger partial charge in [0.2, 0.25) is 0 Å². The Morgan fingerprint density at radius 1 is 1.28 bits per heavy atom. The van der Waals surface area contributed by atoms with Crippen molar-refractivity contribution < 1.29 is 4.39 Å². The molecule has 140 valence electrons. The first-order chi connectivity index (χ1) is 12.2. The van der Waals surface area contributed by atoms with Crippen molar-refractivity contribution in [3.8, 4) is 0 Å². The first kappa shape index (κ1) is 20.0. The lowest BCUT2D eigenvalue weighted by Crippen LogP contribution is -2.46. The van der Waals surface area contributed by atoms with Gasteiger partial charge >= 0.3 is 0 Å². The summed E-state index contributed by atoms with van der Waals surface area (Å²) in [5.41, 5.74) is 2.16. The van der Waals surface area contributed by atoms with Crippen LogP contribution in [0.25, 0.3) is 0 Å². The van der Waals surface area contributed by atoms with Crippen LogP contribution in [0.3, 0.4) is 0 Å². The minimum Gasteiger partial charge on any atom is -0.355 e. The molecule has 1 atom stereocenters. The largest absolute Gasteiger partial charge is 0.355 e. The van der Waals surface area contributed by atoms with Gasteiger partial charge in [0.05, 0.1) is 0 Å². The fourth-order valence-electron chi connectivity index (χ4n) is 3.31. The van der Waals surface area contributed by atoms with Crippen LogP contribution in [-0.2, 0) is 12.3 Å². The average molecular weight is 367 g/mol. The highest BCUT2D eigenvalue weighted by Crippen LogP contribution is 2.17. The molecule has 0 aromatic heterocycles. The summed E-state index contributed by atoms with van der Waals surface area (Å²) in [7, 11) is 1.79. The number of benzene rings is 1. The van der Waals surface area contributed by atoms with Crippen LogP contribution in [0.5, 0.6) is 0 Å². The number of nitrogens with one attached hydrogen (secondary N) is 2. The quantitative estimate of drug-likeness (QED) is 0.547. The maximum atomic E-state index is 13.5. The normalized spacial score (nSPS) is 16.9. The number of nitrogens with zero attached hydrogens (tertiary/aromatic N) is 2. The number of rotatable bonds is 8. The van der Waals surface area contributed by atoms with E-state index in [0.29, 0.717) is 12.6 Å². The van der Waals surface area contributed by atoms with E-state index in [1.54, 1.807) is 24.9 Å². The molecule has 1 fully saturated rings. The third kappa shape index (κ3) is 6.19. The first-order valence-corrected chi connectivity index (χ1v) is 10.5. The van der Waals surface area contributed by atoms with E-state index in [9.17, 15) is 4.39 Å². The summed E-state index contributed by atoms with van der Waals surface area (Å²) in [6.07, 6.45) is 5.80. The Kier molecular flexibility index (Phi) is 8.55. The summed E-state index contributed by atoms with van der Waals surface area (Å²) in [4.78, 5) is 6.89. The monoisotopic (exact) mass is 366 g/mol. The lowest BCUT2D eigenvalue weighted by molar-refractivity contribution is 0.236. The Morgan fingerprint density at radius 2 is 2.04 bits per heavy atom. The molecule has 2 N–H and O–H groups in total. The van der Waals surface area contributed by atoms with Crippen LogP contribution in [0.15, 0.2) is 23.2 Å². The summed E-state index contributed by atoms with van der Waals surface area (Å²) in [5.74, 6) is 1.44. The lowest BCUT2D eigenvalue weighted by Gasteiger charge is -2.27. The van der Waals surface area contributed by atoms with E-state index < -0.39 is 0 Å². The van der Waals surface area contributed by atoms with Crippen molar-refractivity contribution in [1.29, 1.82) is 0 Å². The van der Waals surface area contributed by atoms with Crippen molar-refractivity contribution in [2.24, 2.45) is 4.99 Å². The predicted octanol–water partition coefficient (Wildman–Crippen LogP) is 3.23. The molecule has 25 heavy (non-hydrogen) atoms. The van der Waals surface area contributed by atoms with E-state index >= 15 is 0 Å². The zero-order valence-corrected chi connectivity index (χ0v) is 16.5. The maximum absolute atomic E-state index is 13.5. The second-order valence-electron chi connectivity index (χ2n) is 6.46. The van der Waals surface area contributed by atoms with Crippen molar-refractivity contribution in [2.45, 2.75) is 44.5 Å². The Hall–Kier alpha value is -1.27. The first-order valence-electron chi connectivity index (χ1n) is 9.12. The predicted molar refractivity (Wildman–Crippen MR) is 107 cm³/mol. The molecule has 1 saturated heterocycles. The minimum atomic E-state index is -0.174. The van der Waals surface area contributed by atoms with E-state index in [-0.39, 0.29) is 5.82 Å². The third-order valence-corrected chi connectivity index (χ3v) is 5.37. The number of guanidine groups is 1. The molecule has 1 aliphatic heterocycles. The second-order valence-corrected chi connectivity index (χ2v) is 7.32. The van der Waals surface area contributed by atoms with E-state index in [4.69, 9.17) is 0 Å². The van der Waals surface area contributed by atoms with Crippen LogP contribution in [0.4, 0.5) is 4.39 Å². The standard InChI is InChI=1S/C19H31FN4S/c1-4-18(24-9-5-6-10-24)13-23-19(21-2)22-12-15-7-8-17(20)11-16(15)14-25-3/h7-8,11,18H,4-6,9-10,12-14H2,1-3H3,(H2,21,22,23). The summed E-state index contributed by atoms with van der Waals surface area (Å²) < 4.78 is 13.5. The number of thioether (sulfide) groups is 1. The summed E-state index contributed by atoms with van der Waals surface area (Å²) >= 11 is 1.70. The molecule has 6 heteroatoms. The number of likely N-dealkylation sites (tertiary alicyclic amines) is 1. The van der Waals surface area contributed by atoms with E-state index in [1.165, 1.54) is 32.0 Å². The van der Waals surface area contributed by atoms with Crippen LogP contribution in [0.1, 0.15) is 37.3 Å². The van der Waals surface area contributed by atoms with Gasteiger partial charge in [0.25, 0.3) is 0 Å². The minimum absolute atomic E-state index is 0.174. The van der Waals surface area contributed by atoms with E-state index in [1.807, 2.05) is 12.3 Å². The molecule has 4 nitrogen and oxygen atoms in total. The molecule has 0 spiro atoms. The van der Waals surface area contributed by atoms with E-state index in [0.717, 1.165) is 35.8 Å². The van der Waals surface area contributed by atoms with Gasteiger partial charge in [-0.25, -0.2) is 4.39 Å². The fraction of sp³-hybridized carbons (Fsp3) is 0.632. The van der Waals surface area contributed by atoms with Crippen LogP contribution in [-0.4, -0.2) is 49.8 Å². The highest BCUT2D eigenvalue weighted by Gasteiger charge is 2.20. The molecule has 0 bridgehead atoms. The molecular formula is C19H31FN4S. The molecule has 0 aliphatic carbocycles.